The van der Waals surface area contributed by atoms with Crippen molar-refractivity contribution in [2.75, 3.05) is 12.3 Å². The highest BCUT2D eigenvalue weighted by molar-refractivity contribution is 7.91. The fourth-order valence-electron chi connectivity index (χ4n) is 2.52. The van der Waals surface area contributed by atoms with Gasteiger partial charge in [0.1, 0.15) is 0 Å². The van der Waals surface area contributed by atoms with Crippen molar-refractivity contribution in [2.45, 2.75) is 56.8 Å². The van der Waals surface area contributed by atoms with Gasteiger partial charge < -0.3 is 5.73 Å². The van der Waals surface area contributed by atoms with Gasteiger partial charge in [-0.1, -0.05) is 32.4 Å². The van der Waals surface area contributed by atoms with Crippen LogP contribution in [0.4, 0.5) is 0 Å². The number of nitrogens with two attached hydrogens (primary N) is 1. The van der Waals surface area contributed by atoms with Crippen LogP contribution in [0, 0.1) is 0 Å². The van der Waals surface area contributed by atoms with E-state index in [4.69, 9.17) is 5.73 Å². The summed E-state index contributed by atoms with van der Waals surface area (Å²) in [5.41, 5.74) is 6.82. The summed E-state index contributed by atoms with van der Waals surface area (Å²) in [6.07, 6.45) is 5.00. The highest BCUT2D eigenvalue weighted by Gasteiger charge is 2.15. The third kappa shape index (κ3) is 4.91. The molecule has 20 heavy (non-hydrogen) atoms. The van der Waals surface area contributed by atoms with E-state index in [1.807, 2.05) is 19.1 Å². The normalized spacial score (nSPS) is 13.3. The zero-order chi connectivity index (χ0) is 15.0. The second-order valence-corrected chi connectivity index (χ2v) is 7.41. The molecule has 0 aliphatic carbocycles. The molecule has 1 rings (SSSR count). The Morgan fingerprint density at radius 3 is 2.20 bits per heavy atom. The van der Waals surface area contributed by atoms with Gasteiger partial charge in [0.25, 0.3) is 0 Å². The number of benzene rings is 1. The molecular formula is C16H27NO2S. The van der Waals surface area contributed by atoms with Crippen molar-refractivity contribution in [3.05, 3.63) is 29.8 Å². The Kier molecular flexibility index (Phi) is 7.24. The summed E-state index contributed by atoms with van der Waals surface area (Å²) in [4.78, 5) is 0.442. The van der Waals surface area contributed by atoms with Crippen molar-refractivity contribution < 1.29 is 8.42 Å². The third-order valence-electron chi connectivity index (χ3n) is 3.58. The Balaban J connectivity index is 2.87. The summed E-state index contributed by atoms with van der Waals surface area (Å²) in [5.74, 6) is 0.712. The van der Waals surface area contributed by atoms with Crippen LogP contribution in [0.5, 0.6) is 0 Å². The molecule has 3 nitrogen and oxygen atoms in total. The predicted octanol–water partition coefficient (Wildman–Crippen LogP) is 3.49. The zero-order valence-electron chi connectivity index (χ0n) is 12.6. The van der Waals surface area contributed by atoms with Crippen LogP contribution in [0.25, 0.3) is 0 Å². The van der Waals surface area contributed by atoms with Crippen LogP contribution in [-0.2, 0) is 9.84 Å². The third-order valence-corrected chi connectivity index (χ3v) is 5.51. The fraction of sp³-hybridized carbons (Fsp3) is 0.625. The molecule has 114 valence electrons. The first kappa shape index (κ1) is 17.2. The molecule has 1 aromatic carbocycles. The van der Waals surface area contributed by atoms with Gasteiger partial charge in [-0.2, -0.15) is 0 Å². The molecule has 1 atom stereocenters. The molecule has 0 aliphatic heterocycles. The molecule has 0 amide bonds. The molecule has 0 aromatic heterocycles. The predicted molar refractivity (Wildman–Crippen MR) is 84.7 cm³/mol. The average molecular weight is 297 g/mol. The zero-order valence-corrected chi connectivity index (χ0v) is 13.5. The minimum atomic E-state index is -3.10. The molecule has 0 saturated heterocycles. The van der Waals surface area contributed by atoms with Gasteiger partial charge in [-0.3, -0.25) is 0 Å². The first-order chi connectivity index (χ1) is 9.55. The molecule has 4 heteroatoms. The molecule has 0 fully saturated rings. The molecule has 0 aliphatic rings. The molecule has 0 spiro atoms. The SMILES string of the molecule is CCCC(CCCN)c1ccc(S(=O)(=O)CCC)cc1. The van der Waals surface area contributed by atoms with Gasteiger partial charge in [0, 0.05) is 0 Å². The van der Waals surface area contributed by atoms with E-state index in [-0.39, 0.29) is 5.75 Å². The molecule has 0 heterocycles. The molecule has 2 N–H and O–H groups in total. The smallest absolute Gasteiger partial charge is 0.178 e. The standard InChI is InChI=1S/C16H27NO2S/c1-3-6-14(7-5-12-17)15-8-10-16(11-9-15)20(18,19)13-4-2/h8-11,14H,3-7,12-13,17H2,1-2H3. The molecular weight excluding hydrogens is 270 g/mol. The minimum Gasteiger partial charge on any atom is -0.330 e. The minimum absolute atomic E-state index is 0.220. The lowest BCUT2D eigenvalue weighted by atomic mass is 9.90. The van der Waals surface area contributed by atoms with Crippen LogP contribution >= 0.6 is 0 Å². The maximum atomic E-state index is 12.0. The lowest BCUT2D eigenvalue weighted by Gasteiger charge is -2.16. The summed E-state index contributed by atoms with van der Waals surface area (Å²) in [6.45, 7) is 4.77. The van der Waals surface area contributed by atoms with Gasteiger partial charge in [0.15, 0.2) is 9.84 Å². The van der Waals surface area contributed by atoms with E-state index < -0.39 is 9.84 Å². The number of hydrogen-bond acceptors (Lipinski definition) is 3. The molecule has 1 unspecified atom stereocenters. The van der Waals surface area contributed by atoms with E-state index in [9.17, 15) is 8.42 Å². The van der Waals surface area contributed by atoms with Crippen molar-refractivity contribution >= 4 is 9.84 Å². The van der Waals surface area contributed by atoms with Crippen molar-refractivity contribution in [1.82, 2.24) is 0 Å². The molecule has 0 radical (unpaired) electrons. The van der Waals surface area contributed by atoms with E-state index in [0.717, 1.165) is 25.7 Å². The lowest BCUT2D eigenvalue weighted by Crippen LogP contribution is -2.07. The Hall–Kier alpha value is -0.870. The quantitative estimate of drug-likeness (QED) is 0.759. The van der Waals surface area contributed by atoms with Crippen LogP contribution in [-0.4, -0.2) is 20.7 Å². The van der Waals surface area contributed by atoms with Gasteiger partial charge in [-0.15, -0.1) is 0 Å². The number of rotatable bonds is 9. The summed E-state index contributed by atoms with van der Waals surface area (Å²) in [5, 5.41) is 0. The monoisotopic (exact) mass is 297 g/mol. The van der Waals surface area contributed by atoms with Crippen LogP contribution in [0.1, 0.15) is 57.4 Å². The number of hydrogen-bond donors (Lipinski definition) is 1. The van der Waals surface area contributed by atoms with Crippen molar-refractivity contribution in [3.63, 3.8) is 0 Å². The van der Waals surface area contributed by atoms with Crippen LogP contribution in [0.3, 0.4) is 0 Å². The first-order valence-corrected chi connectivity index (χ1v) is 9.23. The first-order valence-electron chi connectivity index (χ1n) is 7.58. The summed E-state index contributed by atoms with van der Waals surface area (Å²) >= 11 is 0. The summed E-state index contributed by atoms with van der Waals surface area (Å²) < 4.78 is 24.0. The Morgan fingerprint density at radius 2 is 1.70 bits per heavy atom. The van der Waals surface area contributed by atoms with Gasteiger partial charge in [-0.25, -0.2) is 8.42 Å². The van der Waals surface area contributed by atoms with Crippen LogP contribution in [0.2, 0.25) is 0 Å². The average Bonchev–Trinajstić information content (AvgIpc) is 2.43. The largest absolute Gasteiger partial charge is 0.330 e. The maximum absolute atomic E-state index is 12.0. The van der Waals surface area contributed by atoms with Crippen LogP contribution < -0.4 is 5.73 Å². The molecule has 0 saturated carbocycles. The lowest BCUT2D eigenvalue weighted by molar-refractivity contribution is 0.549. The fourth-order valence-corrected chi connectivity index (χ4v) is 3.85. The van der Waals surface area contributed by atoms with Crippen LogP contribution in [0.15, 0.2) is 29.2 Å². The maximum Gasteiger partial charge on any atom is 0.178 e. The highest BCUT2D eigenvalue weighted by atomic mass is 32.2. The topological polar surface area (TPSA) is 60.2 Å². The molecule has 1 aromatic rings. The molecule has 0 bridgehead atoms. The van der Waals surface area contributed by atoms with E-state index in [0.29, 0.717) is 23.8 Å². The van der Waals surface area contributed by atoms with Gasteiger partial charge in [0.2, 0.25) is 0 Å². The highest BCUT2D eigenvalue weighted by Crippen LogP contribution is 2.27. The van der Waals surface area contributed by atoms with E-state index >= 15 is 0 Å². The second-order valence-electron chi connectivity index (χ2n) is 5.30. The number of sulfone groups is 1. The Labute approximate surface area is 123 Å². The van der Waals surface area contributed by atoms with Crippen molar-refractivity contribution in [3.8, 4) is 0 Å². The second kappa shape index (κ2) is 8.42. The summed E-state index contributed by atoms with van der Waals surface area (Å²) in [7, 11) is -3.10. The van der Waals surface area contributed by atoms with E-state index in [2.05, 4.69) is 6.92 Å². The van der Waals surface area contributed by atoms with Gasteiger partial charge in [-0.05, 0) is 55.8 Å². The Bertz CT molecular complexity index is 480. The van der Waals surface area contributed by atoms with Gasteiger partial charge >= 0.3 is 0 Å². The Morgan fingerprint density at radius 1 is 1.05 bits per heavy atom. The van der Waals surface area contributed by atoms with Gasteiger partial charge in [0.05, 0.1) is 10.6 Å². The van der Waals surface area contributed by atoms with E-state index in [1.165, 1.54) is 5.56 Å². The summed E-state index contributed by atoms with van der Waals surface area (Å²) in [6, 6.07) is 7.45. The van der Waals surface area contributed by atoms with E-state index in [1.54, 1.807) is 12.1 Å². The van der Waals surface area contributed by atoms with Crippen molar-refractivity contribution in [2.24, 2.45) is 5.73 Å². The van der Waals surface area contributed by atoms with Crippen molar-refractivity contribution in [1.29, 1.82) is 0 Å².